The summed E-state index contributed by atoms with van der Waals surface area (Å²) in [7, 11) is 1.71. The van der Waals surface area contributed by atoms with Gasteiger partial charge in [-0.05, 0) is 12.8 Å². The molecular weight excluding hydrogens is 228 g/mol. The van der Waals surface area contributed by atoms with E-state index < -0.39 is 0 Å². The summed E-state index contributed by atoms with van der Waals surface area (Å²) in [4.78, 5) is 11.7. The first-order chi connectivity index (χ1) is 7.19. The molecule has 3 unspecified atom stereocenters. The summed E-state index contributed by atoms with van der Waals surface area (Å²) in [5.41, 5.74) is 5.45. The van der Waals surface area contributed by atoms with Crippen LogP contribution in [0.1, 0.15) is 32.6 Å². The number of methoxy groups -OCH3 is 1. The third-order valence-corrected chi connectivity index (χ3v) is 3.13. The number of hydrogen-bond donors (Lipinski definition) is 2. The third-order valence-electron chi connectivity index (χ3n) is 3.13. The van der Waals surface area contributed by atoms with Gasteiger partial charge >= 0.3 is 0 Å². The zero-order valence-electron chi connectivity index (χ0n) is 10.1. The molecule has 0 aliphatic heterocycles. The average molecular weight is 251 g/mol. The van der Waals surface area contributed by atoms with E-state index in [0.717, 1.165) is 12.8 Å². The van der Waals surface area contributed by atoms with Gasteiger partial charge in [0.2, 0.25) is 5.91 Å². The van der Waals surface area contributed by atoms with Crippen LogP contribution in [0.5, 0.6) is 0 Å². The zero-order valence-corrected chi connectivity index (χ0v) is 10.9. The van der Waals surface area contributed by atoms with Crippen LogP contribution in [0, 0.1) is 5.92 Å². The summed E-state index contributed by atoms with van der Waals surface area (Å²) in [5, 5.41) is 3.03. The minimum atomic E-state index is -0.107. The van der Waals surface area contributed by atoms with E-state index in [9.17, 15) is 4.79 Å². The van der Waals surface area contributed by atoms with E-state index in [-0.39, 0.29) is 36.4 Å². The maximum absolute atomic E-state index is 11.7. The molecule has 3 N–H and O–H groups in total. The second-order valence-corrected chi connectivity index (χ2v) is 4.31. The fourth-order valence-electron chi connectivity index (χ4n) is 1.98. The number of halogens is 1. The molecule has 4 nitrogen and oxygen atoms in total. The molecule has 1 aliphatic carbocycles. The molecule has 5 heteroatoms. The van der Waals surface area contributed by atoms with Crippen LogP contribution in [-0.4, -0.2) is 31.7 Å². The molecule has 0 radical (unpaired) electrons. The first-order valence-electron chi connectivity index (χ1n) is 5.72. The van der Waals surface area contributed by atoms with Gasteiger partial charge in [-0.15, -0.1) is 12.4 Å². The van der Waals surface area contributed by atoms with E-state index >= 15 is 0 Å². The van der Waals surface area contributed by atoms with E-state index in [1.54, 1.807) is 7.11 Å². The molecule has 0 spiro atoms. The second-order valence-electron chi connectivity index (χ2n) is 4.31. The van der Waals surface area contributed by atoms with Gasteiger partial charge in [-0.2, -0.15) is 0 Å². The Kier molecular flexibility index (Phi) is 7.72. The quantitative estimate of drug-likeness (QED) is 0.785. The largest absolute Gasteiger partial charge is 0.379 e. The lowest BCUT2D eigenvalue weighted by Crippen LogP contribution is -2.48. The van der Waals surface area contributed by atoms with Gasteiger partial charge in [0.15, 0.2) is 0 Å². The number of carbonyl (C=O) groups is 1. The van der Waals surface area contributed by atoms with Crippen molar-refractivity contribution >= 4 is 18.3 Å². The summed E-state index contributed by atoms with van der Waals surface area (Å²) in [6.07, 6.45) is 4.59. The van der Waals surface area contributed by atoms with Gasteiger partial charge in [0.05, 0.1) is 12.1 Å². The van der Waals surface area contributed by atoms with Crippen LogP contribution < -0.4 is 11.1 Å². The van der Waals surface area contributed by atoms with Crippen molar-refractivity contribution in [2.45, 2.75) is 44.8 Å². The monoisotopic (exact) mass is 250 g/mol. The second kappa shape index (κ2) is 7.87. The number of nitrogens with two attached hydrogens (primary N) is 1. The highest BCUT2D eigenvalue weighted by Gasteiger charge is 2.27. The van der Waals surface area contributed by atoms with Gasteiger partial charge in [0.25, 0.3) is 0 Å². The number of amides is 1. The third kappa shape index (κ3) is 4.28. The molecule has 1 fully saturated rings. The maximum Gasteiger partial charge on any atom is 0.224 e. The highest BCUT2D eigenvalue weighted by atomic mass is 35.5. The van der Waals surface area contributed by atoms with Gasteiger partial charge in [0, 0.05) is 19.6 Å². The molecule has 3 atom stereocenters. The summed E-state index contributed by atoms with van der Waals surface area (Å²) in [6, 6.07) is 0.172. The highest BCUT2D eigenvalue weighted by Crippen LogP contribution is 2.20. The first kappa shape index (κ1) is 15.7. The fraction of sp³-hybridized carbons (Fsp3) is 0.909. The van der Waals surface area contributed by atoms with E-state index in [1.165, 1.54) is 12.8 Å². The van der Waals surface area contributed by atoms with Gasteiger partial charge in [0.1, 0.15) is 0 Å². The van der Waals surface area contributed by atoms with Crippen LogP contribution in [-0.2, 0) is 9.53 Å². The Hall–Kier alpha value is -0.320. The lowest BCUT2D eigenvalue weighted by molar-refractivity contribution is -0.126. The molecule has 1 amide bonds. The average Bonchev–Trinajstić information content (AvgIpc) is 2.28. The molecule has 0 aromatic rings. The molecule has 0 heterocycles. The van der Waals surface area contributed by atoms with Crippen molar-refractivity contribution in [3.8, 4) is 0 Å². The van der Waals surface area contributed by atoms with Crippen molar-refractivity contribution in [2.75, 3.05) is 13.7 Å². The first-order valence-corrected chi connectivity index (χ1v) is 5.72. The van der Waals surface area contributed by atoms with Crippen molar-refractivity contribution in [3.63, 3.8) is 0 Å². The molecular formula is C11H23ClN2O2. The molecule has 16 heavy (non-hydrogen) atoms. The minimum absolute atomic E-state index is 0. The molecule has 0 aromatic heterocycles. The lowest BCUT2D eigenvalue weighted by Gasteiger charge is -2.31. The summed E-state index contributed by atoms with van der Waals surface area (Å²) >= 11 is 0. The molecule has 0 bridgehead atoms. The van der Waals surface area contributed by atoms with Crippen LogP contribution in [0.15, 0.2) is 0 Å². The Morgan fingerprint density at radius 2 is 2.12 bits per heavy atom. The number of nitrogens with one attached hydrogen (secondary N) is 1. The highest BCUT2D eigenvalue weighted by molar-refractivity contribution is 5.85. The standard InChI is InChI=1S/C11H22N2O2.ClH/c1-8(7-12)11(14)13-9-5-3-4-6-10(9)15-2;/h8-10H,3-7,12H2,1-2H3,(H,13,14);1H. The van der Waals surface area contributed by atoms with Crippen LogP contribution >= 0.6 is 12.4 Å². The van der Waals surface area contributed by atoms with Gasteiger partial charge in [-0.3, -0.25) is 4.79 Å². The Balaban J connectivity index is 0.00000225. The Morgan fingerprint density at radius 3 is 2.69 bits per heavy atom. The number of carbonyl (C=O) groups excluding carboxylic acids is 1. The van der Waals surface area contributed by atoms with Crippen LogP contribution in [0.25, 0.3) is 0 Å². The van der Waals surface area contributed by atoms with E-state index in [4.69, 9.17) is 10.5 Å². The molecule has 96 valence electrons. The Bertz CT molecular complexity index is 214. The van der Waals surface area contributed by atoms with Gasteiger partial charge < -0.3 is 15.8 Å². The van der Waals surface area contributed by atoms with Crippen LogP contribution in [0.2, 0.25) is 0 Å². The molecule has 1 saturated carbocycles. The van der Waals surface area contributed by atoms with Gasteiger partial charge in [-0.1, -0.05) is 19.8 Å². The topological polar surface area (TPSA) is 64.3 Å². The van der Waals surface area contributed by atoms with Crippen LogP contribution in [0.3, 0.4) is 0 Å². The van der Waals surface area contributed by atoms with Crippen molar-refractivity contribution < 1.29 is 9.53 Å². The molecule has 1 rings (SSSR count). The van der Waals surface area contributed by atoms with E-state index in [2.05, 4.69) is 5.32 Å². The smallest absolute Gasteiger partial charge is 0.224 e. The molecule has 1 aliphatic rings. The van der Waals surface area contributed by atoms with Crippen molar-refractivity contribution in [3.05, 3.63) is 0 Å². The van der Waals surface area contributed by atoms with Gasteiger partial charge in [-0.25, -0.2) is 0 Å². The Labute approximate surface area is 104 Å². The van der Waals surface area contributed by atoms with Crippen molar-refractivity contribution in [2.24, 2.45) is 11.7 Å². The number of hydrogen-bond acceptors (Lipinski definition) is 3. The normalized spacial score (nSPS) is 26.7. The fourth-order valence-corrected chi connectivity index (χ4v) is 1.98. The summed E-state index contributed by atoms with van der Waals surface area (Å²) in [5.74, 6) is -0.0594. The van der Waals surface area contributed by atoms with Crippen molar-refractivity contribution in [1.82, 2.24) is 5.32 Å². The summed E-state index contributed by atoms with van der Waals surface area (Å²) in [6.45, 7) is 2.25. The maximum atomic E-state index is 11.7. The molecule has 0 aromatic carbocycles. The number of ether oxygens (including phenoxy) is 1. The van der Waals surface area contributed by atoms with Crippen molar-refractivity contribution in [1.29, 1.82) is 0 Å². The lowest BCUT2D eigenvalue weighted by atomic mass is 9.92. The Morgan fingerprint density at radius 1 is 1.50 bits per heavy atom. The van der Waals surface area contributed by atoms with E-state index in [1.807, 2.05) is 6.92 Å². The predicted molar refractivity (Wildman–Crippen MR) is 66.7 cm³/mol. The van der Waals surface area contributed by atoms with E-state index in [0.29, 0.717) is 6.54 Å². The number of rotatable bonds is 4. The molecule has 0 saturated heterocycles. The minimum Gasteiger partial charge on any atom is -0.379 e. The summed E-state index contributed by atoms with van der Waals surface area (Å²) < 4.78 is 5.37. The van der Waals surface area contributed by atoms with Crippen LogP contribution in [0.4, 0.5) is 0 Å². The SMILES string of the molecule is COC1CCCCC1NC(=O)C(C)CN.Cl. The zero-order chi connectivity index (χ0) is 11.3. The predicted octanol–water partition coefficient (Wildman–Crippen LogP) is 1.08.